The first kappa shape index (κ1) is 38.5. The number of anilines is 3. The molecule has 2 aromatic heterocycles. The molecule has 3 heteroatoms. The number of rotatable bonds is 8. The van der Waals surface area contributed by atoms with Gasteiger partial charge in [-0.2, -0.15) is 0 Å². The van der Waals surface area contributed by atoms with E-state index in [1.807, 2.05) is 0 Å². The fourth-order valence-electron chi connectivity index (χ4n) is 10.3. The number of hydrogen-bond acceptors (Lipinski definition) is 1. The predicted octanol–water partition coefficient (Wildman–Crippen LogP) is 17.5. The van der Waals surface area contributed by atoms with Crippen molar-refractivity contribution in [2.75, 3.05) is 4.90 Å². The molecule has 3 nitrogen and oxygen atoms in total. The Labute approximate surface area is 389 Å². The third-order valence-corrected chi connectivity index (χ3v) is 13.5. The van der Waals surface area contributed by atoms with Crippen LogP contribution in [0.3, 0.4) is 0 Å². The van der Waals surface area contributed by atoms with E-state index in [-0.39, 0.29) is 0 Å². The third kappa shape index (κ3) is 6.59. The van der Waals surface area contributed by atoms with Crippen molar-refractivity contribution in [2.24, 2.45) is 0 Å². The Kier molecular flexibility index (Phi) is 9.17. The van der Waals surface area contributed by atoms with Gasteiger partial charge >= 0.3 is 0 Å². The quantitative estimate of drug-likeness (QED) is 0.148. The van der Waals surface area contributed by atoms with E-state index in [1.165, 1.54) is 87.8 Å². The summed E-state index contributed by atoms with van der Waals surface area (Å²) in [6.07, 6.45) is 0. The summed E-state index contributed by atoms with van der Waals surface area (Å²) >= 11 is 0. The van der Waals surface area contributed by atoms with Crippen LogP contribution in [-0.2, 0) is 0 Å². The number of benzene rings is 11. The first-order valence-corrected chi connectivity index (χ1v) is 23.0. The highest BCUT2D eigenvalue weighted by atomic mass is 15.1. The van der Waals surface area contributed by atoms with E-state index in [9.17, 15) is 0 Å². The standard InChI is InChI=1S/C64H43N3/c1-2-17-55-48(13-1)14-11-22-56(55)49-29-27-44(28-30-49)45-31-37-50(38-32-45)65(53-15-12-16-54(43-53)67-63-25-9-5-20-59(63)60-21-6-10-26-64(60)67)51-39-33-46(34-40-51)47-35-41-52(42-36-47)66-61-23-7-3-18-57(61)58-19-4-8-24-62(58)66/h1-43H. The zero-order valence-corrected chi connectivity index (χ0v) is 36.7. The summed E-state index contributed by atoms with van der Waals surface area (Å²) in [4.78, 5) is 2.37. The molecule has 0 saturated carbocycles. The van der Waals surface area contributed by atoms with Gasteiger partial charge in [0.2, 0.25) is 0 Å². The van der Waals surface area contributed by atoms with E-state index >= 15 is 0 Å². The number of fused-ring (bicyclic) bond motifs is 7. The average molecular weight is 854 g/mol. The second kappa shape index (κ2) is 16.0. The van der Waals surface area contributed by atoms with E-state index in [2.05, 4.69) is 275 Å². The molecular weight excluding hydrogens is 811 g/mol. The Morgan fingerprint density at radius 1 is 0.239 bits per heavy atom. The Morgan fingerprint density at radius 3 is 1.12 bits per heavy atom. The van der Waals surface area contributed by atoms with Crippen molar-refractivity contribution in [3.63, 3.8) is 0 Å². The number of aromatic nitrogens is 2. The molecule has 0 bridgehead atoms. The van der Waals surface area contributed by atoms with Crippen LogP contribution in [0.5, 0.6) is 0 Å². The number of hydrogen-bond donors (Lipinski definition) is 0. The molecule has 0 amide bonds. The molecule has 2 heterocycles. The van der Waals surface area contributed by atoms with Gasteiger partial charge in [0.05, 0.1) is 22.1 Å². The monoisotopic (exact) mass is 853 g/mol. The molecule has 0 spiro atoms. The summed E-state index contributed by atoms with van der Waals surface area (Å²) in [5.74, 6) is 0. The SMILES string of the molecule is c1cc(N(c2ccc(-c3ccc(-c4cccc5ccccc45)cc3)cc2)c2ccc(-c3ccc(-n4c5ccccc5c5ccccc54)cc3)cc2)cc(-n2c3ccccc3c3ccccc32)c1. The Bertz CT molecular complexity index is 3840. The molecule has 0 fully saturated rings. The lowest BCUT2D eigenvalue weighted by Gasteiger charge is -2.26. The van der Waals surface area contributed by atoms with Gasteiger partial charge < -0.3 is 14.0 Å². The van der Waals surface area contributed by atoms with Gasteiger partial charge in [0.1, 0.15) is 0 Å². The zero-order chi connectivity index (χ0) is 44.3. The summed E-state index contributed by atoms with van der Waals surface area (Å²) in [5, 5.41) is 7.56. The topological polar surface area (TPSA) is 13.1 Å². The normalized spacial score (nSPS) is 11.6. The minimum absolute atomic E-state index is 1.08. The van der Waals surface area contributed by atoms with Crippen LogP contribution in [0, 0.1) is 0 Å². The molecule has 0 aliphatic rings. The fraction of sp³-hybridized carbons (Fsp3) is 0. The molecule has 0 radical (unpaired) electrons. The summed E-state index contributed by atoms with van der Waals surface area (Å²) in [6.45, 7) is 0. The van der Waals surface area contributed by atoms with Gasteiger partial charge in [-0.3, -0.25) is 0 Å². The minimum Gasteiger partial charge on any atom is -0.310 e. The molecule has 0 aliphatic heterocycles. The zero-order valence-electron chi connectivity index (χ0n) is 36.7. The van der Waals surface area contributed by atoms with Crippen molar-refractivity contribution in [1.29, 1.82) is 0 Å². The van der Waals surface area contributed by atoms with Gasteiger partial charge in [-0.05, 0) is 123 Å². The first-order chi connectivity index (χ1) is 33.2. The van der Waals surface area contributed by atoms with E-state index in [1.54, 1.807) is 0 Å². The maximum atomic E-state index is 2.39. The highest BCUT2D eigenvalue weighted by Crippen LogP contribution is 2.40. The highest BCUT2D eigenvalue weighted by Gasteiger charge is 2.18. The average Bonchev–Trinajstić information content (AvgIpc) is 3.92. The van der Waals surface area contributed by atoms with Gasteiger partial charge in [-0.15, -0.1) is 0 Å². The van der Waals surface area contributed by atoms with Crippen molar-refractivity contribution >= 4 is 71.4 Å². The molecule has 13 aromatic rings. The van der Waals surface area contributed by atoms with Crippen LogP contribution < -0.4 is 4.90 Å². The lowest BCUT2D eigenvalue weighted by molar-refractivity contribution is 1.17. The van der Waals surface area contributed by atoms with E-state index in [0.717, 1.165) is 28.4 Å². The largest absolute Gasteiger partial charge is 0.310 e. The second-order valence-electron chi connectivity index (χ2n) is 17.3. The van der Waals surface area contributed by atoms with Gasteiger partial charge in [-0.25, -0.2) is 0 Å². The van der Waals surface area contributed by atoms with E-state index < -0.39 is 0 Å². The maximum absolute atomic E-state index is 2.39. The summed E-state index contributed by atoms with van der Waals surface area (Å²) in [5.41, 5.74) is 17.5. The van der Waals surface area contributed by atoms with Crippen molar-refractivity contribution < 1.29 is 0 Å². The first-order valence-electron chi connectivity index (χ1n) is 23.0. The van der Waals surface area contributed by atoms with Gasteiger partial charge in [0.25, 0.3) is 0 Å². The Morgan fingerprint density at radius 2 is 0.612 bits per heavy atom. The lowest BCUT2D eigenvalue weighted by atomic mass is 9.96. The molecule has 13 rings (SSSR count). The molecule has 0 saturated heterocycles. The Hall–Kier alpha value is -8.92. The minimum atomic E-state index is 1.08. The summed E-state index contributed by atoms with van der Waals surface area (Å²) in [6, 6.07) is 94.8. The van der Waals surface area contributed by atoms with Crippen molar-refractivity contribution in [1.82, 2.24) is 9.13 Å². The molecule has 11 aromatic carbocycles. The van der Waals surface area contributed by atoms with Crippen molar-refractivity contribution in [3.05, 3.63) is 261 Å². The smallest absolute Gasteiger partial charge is 0.0541 e. The van der Waals surface area contributed by atoms with Crippen LogP contribution in [0.1, 0.15) is 0 Å². The Balaban J connectivity index is 0.870. The van der Waals surface area contributed by atoms with Gasteiger partial charge in [-0.1, -0.05) is 182 Å². The third-order valence-electron chi connectivity index (χ3n) is 13.5. The van der Waals surface area contributed by atoms with Crippen LogP contribution in [0.25, 0.3) is 99.1 Å². The summed E-state index contributed by atoms with van der Waals surface area (Å²) < 4.78 is 4.76. The number of para-hydroxylation sites is 4. The molecule has 67 heavy (non-hydrogen) atoms. The lowest BCUT2D eigenvalue weighted by Crippen LogP contribution is -2.10. The van der Waals surface area contributed by atoms with Crippen LogP contribution in [0.2, 0.25) is 0 Å². The van der Waals surface area contributed by atoms with Crippen LogP contribution in [-0.4, -0.2) is 9.13 Å². The fourth-order valence-corrected chi connectivity index (χ4v) is 10.3. The molecular formula is C64H43N3. The molecule has 0 aliphatic carbocycles. The van der Waals surface area contributed by atoms with Crippen LogP contribution in [0.15, 0.2) is 261 Å². The maximum Gasteiger partial charge on any atom is 0.0541 e. The molecule has 0 atom stereocenters. The molecule has 314 valence electrons. The van der Waals surface area contributed by atoms with Gasteiger partial charge in [0, 0.05) is 50.0 Å². The van der Waals surface area contributed by atoms with E-state index in [4.69, 9.17) is 0 Å². The van der Waals surface area contributed by atoms with Crippen molar-refractivity contribution in [2.45, 2.75) is 0 Å². The van der Waals surface area contributed by atoms with Gasteiger partial charge in [0.15, 0.2) is 0 Å². The van der Waals surface area contributed by atoms with Crippen LogP contribution >= 0.6 is 0 Å². The highest BCUT2D eigenvalue weighted by molar-refractivity contribution is 6.10. The van der Waals surface area contributed by atoms with Crippen LogP contribution in [0.4, 0.5) is 17.1 Å². The van der Waals surface area contributed by atoms with Crippen molar-refractivity contribution in [3.8, 4) is 44.8 Å². The van der Waals surface area contributed by atoms with E-state index in [0.29, 0.717) is 0 Å². The summed E-state index contributed by atoms with van der Waals surface area (Å²) in [7, 11) is 0. The predicted molar refractivity (Wildman–Crippen MR) is 284 cm³/mol. The molecule has 0 unspecified atom stereocenters. The molecule has 0 N–H and O–H groups in total. The number of nitrogens with zero attached hydrogens (tertiary/aromatic N) is 3. The second-order valence-corrected chi connectivity index (χ2v) is 17.3.